The predicted octanol–water partition coefficient (Wildman–Crippen LogP) is 1.69. The number of amides is 2. The first-order chi connectivity index (χ1) is 10.2. The molecule has 4 heteroatoms. The lowest BCUT2D eigenvalue weighted by Crippen LogP contribution is -2.38. The molecule has 1 aromatic rings. The normalized spacial score (nSPS) is 16.7. The van der Waals surface area contributed by atoms with Crippen LogP contribution in [0.4, 0.5) is 0 Å². The number of primary amides is 1. The van der Waals surface area contributed by atoms with Gasteiger partial charge in [0, 0.05) is 5.57 Å². The molecule has 4 nitrogen and oxygen atoms in total. The highest BCUT2D eigenvalue weighted by molar-refractivity contribution is 6.02. The molecule has 0 saturated heterocycles. The van der Waals surface area contributed by atoms with Gasteiger partial charge < -0.3 is 11.1 Å². The van der Waals surface area contributed by atoms with E-state index in [1.54, 1.807) is 30.3 Å². The van der Waals surface area contributed by atoms with Crippen molar-refractivity contribution in [1.29, 1.82) is 0 Å². The first-order valence-corrected chi connectivity index (χ1v) is 6.63. The lowest BCUT2D eigenvalue weighted by atomic mass is 10.0. The van der Waals surface area contributed by atoms with Crippen LogP contribution >= 0.6 is 0 Å². The van der Waals surface area contributed by atoms with E-state index in [1.165, 1.54) is 0 Å². The van der Waals surface area contributed by atoms with Gasteiger partial charge in [0.2, 0.25) is 5.91 Å². The molecule has 1 atom stereocenters. The van der Waals surface area contributed by atoms with Gasteiger partial charge in [-0.1, -0.05) is 54.6 Å². The van der Waals surface area contributed by atoms with Crippen LogP contribution in [0.1, 0.15) is 11.6 Å². The average molecular weight is 278 g/mol. The van der Waals surface area contributed by atoms with Gasteiger partial charge in [-0.25, -0.2) is 0 Å². The summed E-state index contributed by atoms with van der Waals surface area (Å²) < 4.78 is 0. The van der Waals surface area contributed by atoms with Gasteiger partial charge in [0.05, 0.1) is 0 Å². The zero-order valence-corrected chi connectivity index (χ0v) is 11.2. The smallest absolute Gasteiger partial charge is 0.252 e. The fourth-order valence-electron chi connectivity index (χ4n) is 2.46. The molecular weight excluding hydrogens is 264 g/mol. The molecule has 3 rings (SSSR count). The number of benzene rings is 1. The summed E-state index contributed by atoms with van der Waals surface area (Å²) >= 11 is 0. The molecule has 1 aromatic carbocycles. The highest BCUT2D eigenvalue weighted by Crippen LogP contribution is 2.30. The third-order valence-electron chi connectivity index (χ3n) is 3.51. The van der Waals surface area contributed by atoms with E-state index in [2.05, 4.69) is 5.32 Å². The van der Waals surface area contributed by atoms with Crippen LogP contribution in [-0.4, -0.2) is 11.8 Å². The number of nitrogens with two attached hydrogens (primary N) is 1. The molecule has 0 saturated carbocycles. The maximum absolute atomic E-state index is 12.4. The topological polar surface area (TPSA) is 72.2 Å². The van der Waals surface area contributed by atoms with Crippen LogP contribution in [0.5, 0.6) is 0 Å². The largest absolute Gasteiger partial charge is 0.368 e. The lowest BCUT2D eigenvalue weighted by Gasteiger charge is -2.16. The molecule has 2 aliphatic carbocycles. The molecule has 0 fully saturated rings. The van der Waals surface area contributed by atoms with Crippen molar-refractivity contribution in [3.63, 3.8) is 0 Å². The second-order valence-corrected chi connectivity index (χ2v) is 4.86. The number of carbonyl (C=O) groups excluding carboxylic acids is 2. The van der Waals surface area contributed by atoms with E-state index in [1.807, 2.05) is 30.4 Å². The van der Waals surface area contributed by atoms with Crippen LogP contribution in [0.2, 0.25) is 0 Å². The van der Waals surface area contributed by atoms with E-state index in [4.69, 9.17) is 5.73 Å². The molecule has 0 spiro atoms. The number of nitrogens with one attached hydrogen (secondary N) is 1. The Balaban J connectivity index is 1.85. The van der Waals surface area contributed by atoms with Gasteiger partial charge in [-0.2, -0.15) is 0 Å². The summed E-state index contributed by atoms with van der Waals surface area (Å²) in [6.45, 7) is 0. The number of carbonyl (C=O) groups is 2. The highest BCUT2D eigenvalue weighted by Gasteiger charge is 2.25. The van der Waals surface area contributed by atoms with E-state index in [9.17, 15) is 9.59 Å². The maximum atomic E-state index is 12.4. The number of hydrogen-bond donors (Lipinski definition) is 2. The number of allylic oxidation sites excluding steroid dienone is 6. The van der Waals surface area contributed by atoms with E-state index in [0.717, 1.165) is 11.1 Å². The minimum absolute atomic E-state index is 0.302. The van der Waals surface area contributed by atoms with Crippen LogP contribution in [0, 0.1) is 0 Å². The van der Waals surface area contributed by atoms with Crippen molar-refractivity contribution in [1.82, 2.24) is 5.32 Å². The van der Waals surface area contributed by atoms with Crippen LogP contribution < -0.4 is 11.1 Å². The van der Waals surface area contributed by atoms with E-state index < -0.39 is 11.9 Å². The number of hydrogen-bond acceptors (Lipinski definition) is 2. The van der Waals surface area contributed by atoms with E-state index >= 15 is 0 Å². The van der Waals surface area contributed by atoms with Gasteiger partial charge >= 0.3 is 0 Å². The van der Waals surface area contributed by atoms with Gasteiger partial charge in [-0.05, 0) is 22.8 Å². The summed E-state index contributed by atoms with van der Waals surface area (Å²) in [5.41, 5.74) is 8.52. The second kappa shape index (κ2) is 5.25. The summed E-state index contributed by atoms with van der Waals surface area (Å²) in [5, 5.41) is 2.70. The minimum atomic E-state index is -0.835. The van der Waals surface area contributed by atoms with Gasteiger partial charge in [0.1, 0.15) is 6.04 Å². The van der Waals surface area contributed by atoms with Crippen LogP contribution in [0.15, 0.2) is 77.4 Å². The molecule has 0 heterocycles. The molecular formula is C17H14N2O2. The highest BCUT2D eigenvalue weighted by atomic mass is 16.2. The average Bonchev–Trinajstić information content (AvgIpc) is 3.07. The van der Waals surface area contributed by atoms with Crippen LogP contribution in [0.3, 0.4) is 0 Å². The van der Waals surface area contributed by atoms with Crippen molar-refractivity contribution in [3.8, 4) is 0 Å². The fraction of sp³-hybridized carbons (Fsp3) is 0.0588. The first kappa shape index (κ1) is 13.1. The predicted molar refractivity (Wildman–Crippen MR) is 79.9 cm³/mol. The molecule has 0 bridgehead atoms. The van der Waals surface area contributed by atoms with Crippen molar-refractivity contribution in [2.75, 3.05) is 0 Å². The molecule has 2 amide bonds. The fourth-order valence-corrected chi connectivity index (χ4v) is 2.46. The summed E-state index contributed by atoms with van der Waals surface area (Å²) in [4.78, 5) is 24.0. The molecule has 104 valence electrons. The zero-order valence-electron chi connectivity index (χ0n) is 11.2. The van der Waals surface area contributed by atoms with Crippen LogP contribution in [0.25, 0.3) is 0 Å². The van der Waals surface area contributed by atoms with Crippen molar-refractivity contribution in [2.45, 2.75) is 6.04 Å². The third-order valence-corrected chi connectivity index (χ3v) is 3.51. The van der Waals surface area contributed by atoms with Gasteiger partial charge in [0.25, 0.3) is 5.91 Å². The van der Waals surface area contributed by atoms with Crippen molar-refractivity contribution < 1.29 is 9.59 Å². The summed E-state index contributed by atoms with van der Waals surface area (Å²) in [7, 11) is 0. The van der Waals surface area contributed by atoms with Crippen molar-refractivity contribution >= 4 is 11.8 Å². The molecule has 21 heavy (non-hydrogen) atoms. The Kier molecular flexibility index (Phi) is 3.28. The van der Waals surface area contributed by atoms with E-state index in [0.29, 0.717) is 11.1 Å². The zero-order chi connectivity index (χ0) is 14.8. The third kappa shape index (κ3) is 2.43. The maximum Gasteiger partial charge on any atom is 0.252 e. The monoisotopic (exact) mass is 278 g/mol. The number of rotatable bonds is 4. The Morgan fingerprint density at radius 1 is 1.05 bits per heavy atom. The van der Waals surface area contributed by atoms with E-state index in [-0.39, 0.29) is 5.91 Å². The van der Waals surface area contributed by atoms with Gasteiger partial charge in [-0.15, -0.1) is 0 Å². The summed E-state index contributed by atoms with van der Waals surface area (Å²) in [5.74, 6) is -0.885. The van der Waals surface area contributed by atoms with Crippen LogP contribution in [-0.2, 0) is 9.59 Å². The molecule has 2 aliphatic rings. The van der Waals surface area contributed by atoms with Crippen molar-refractivity contribution in [2.24, 2.45) is 5.73 Å². The first-order valence-electron chi connectivity index (χ1n) is 6.63. The Morgan fingerprint density at radius 2 is 1.81 bits per heavy atom. The quantitative estimate of drug-likeness (QED) is 0.879. The summed E-state index contributed by atoms with van der Waals surface area (Å²) in [6, 6.07) is 8.13. The minimum Gasteiger partial charge on any atom is -0.368 e. The Hall–Kier alpha value is -2.88. The summed E-state index contributed by atoms with van der Waals surface area (Å²) in [6.07, 6.45) is 9.35. The SMILES string of the molecule is NC(=O)[C@@H](NC(=O)C1=C2C=CC=C2C=C1)c1ccccc1. The number of fused-ring (bicyclic) bond motifs is 1. The second-order valence-electron chi connectivity index (χ2n) is 4.86. The molecule has 0 unspecified atom stereocenters. The van der Waals surface area contributed by atoms with Gasteiger partial charge in [0.15, 0.2) is 0 Å². The van der Waals surface area contributed by atoms with Crippen molar-refractivity contribution in [3.05, 3.63) is 83.0 Å². The molecule has 0 aromatic heterocycles. The molecule has 0 radical (unpaired) electrons. The lowest BCUT2D eigenvalue weighted by molar-refractivity contribution is -0.125. The van der Waals surface area contributed by atoms with Gasteiger partial charge in [-0.3, -0.25) is 9.59 Å². The standard InChI is InChI=1S/C17H14N2O2/c18-16(20)15(12-5-2-1-3-6-12)19-17(21)14-10-9-11-7-4-8-13(11)14/h1-10,15H,(H2,18,20)(H,19,21)/t15-/m0/s1. The Labute approximate surface area is 122 Å². The molecule has 0 aliphatic heterocycles. The Morgan fingerprint density at radius 3 is 2.52 bits per heavy atom. The molecule has 3 N–H and O–H groups in total. The Bertz CT molecular complexity index is 724.